The van der Waals surface area contributed by atoms with E-state index in [2.05, 4.69) is 5.32 Å². The van der Waals surface area contributed by atoms with Crippen LogP contribution < -0.4 is 11.1 Å². The Labute approximate surface area is 142 Å². The molecule has 0 saturated carbocycles. The van der Waals surface area contributed by atoms with E-state index in [0.29, 0.717) is 27.2 Å². The van der Waals surface area contributed by atoms with E-state index in [1.807, 2.05) is 12.1 Å². The standard InChI is InChI=1S/C17H12Cl2N2O2/c18-11-3-1-10(2-4-11)15-7-8-16(23-15)17(22)21-14-6-5-12(20)9-13(14)19/h1-9H,20H2,(H,21,22). The number of nitrogens with two attached hydrogens (primary N) is 1. The largest absolute Gasteiger partial charge is 0.451 e. The van der Waals surface area contributed by atoms with Crippen LogP contribution in [-0.4, -0.2) is 5.91 Å². The third-order valence-corrected chi connectivity index (χ3v) is 3.76. The molecule has 1 aromatic heterocycles. The SMILES string of the molecule is Nc1ccc(NC(=O)c2ccc(-c3ccc(Cl)cc3)o2)c(Cl)c1. The van der Waals surface area contributed by atoms with Gasteiger partial charge in [-0.15, -0.1) is 0 Å². The van der Waals surface area contributed by atoms with Crippen molar-refractivity contribution in [3.05, 3.63) is 70.4 Å². The zero-order valence-electron chi connectivity index (χ0n) is 11.8. The quantitative estimate of drug-likeness (QED) is 0.649. The first kappa shape index (κ1) is 15.5. The van der Waals surface area contributed by atoms with Gasteiger partial charge in [-0.05, 0) is 54.6 Å². The number of rotatable bonds is 3. The van der Waals surface area contributed by atoms with Crippen LogP contribution in [0.5, 0.6) is 0 Å². The highest BCUT2D eigenvalue weighted by Crippen LogP contribution is 2.27. The normalized spacial score (nSPS) is 10.5. The van der Waals surface area contributed by atoms with Gasteiger partial charge in [0, 0.05) is 16.3 Å². The van der Waals surface area contributed by atoms with Gasteiger partial charge in [0.2, 0.25) is 0 Å². The predicted octanol–water partition coefficient (Wildman–Crippen LogP) is 5.09. The Morgan fingerprint density at radius 1 is 1.00 bits per heavy atom. The van der Waals surface area contributed by atoms with E-state index in [0.717, 1.165) is 5.56 Å². The maximum atomic E-state index is 12.2. The van der Waals surface area contributed by atoms with Crippen LogP contribution in [0.25, 0.3) is 11.3 Å². The average molecular weight is 347 g/mol. The average Bonchev–Trinajstić information content (AvgIpc) is 3.01. The second kappa shape index (κ2) is 6.36. The van der Waals surface area contributed by atoms with Crippen LogP contribution in [0.1, 0.15) is 10.6 Å². The van der Waals surface area contributed by atoms with Crippen molar-refractivity contribution in [2.24, 2.45) is 0 Å². The summed E-state index contributed by atoms with van der Waals surface area (Å²) in [7, 11) is 0. The summed E-state index contributed by atoms with van der Waals surface area (Å²) in [6.45, 7) is 0. The minimum absolute atomic E-state index is 0.183. The van der Waals surface area contributed by atoms with Gasteiger partial charge in [0.05, 0.1) is 10.7 Å². The van der Waals surface area contributed by atoms with Crippen molar-refractivity contribution in [3.63, 3.8) is 0 Å². The second-order valence-corrected chi connectivity index (χ2v) is 5.71. The molecular weight excluding hydrogens is 335 g/mol. The molecule has 0 saturated heterocycles. The lowest BCUT2D eigenvalue weighted by Crippen LogP contribution is -2.11. The van der Waals surface area contributed by atoms with E-state index in [4.69, 9.17) is 33.4 Å². The van der Waals surface area contributed by atoms with E-state index < -0.39 is 5.91 Å². The molecule has 116 valence electrons. The zero-order chi connectivity index (χ0) is 16.4. The molecule has 4 nitrogen and oxygen atoms in total. The summed E-state index contributed by atoms with van der Waals surface area (Å²) in [5, 5.41) is 3.69. The van der Waals surface area contributed by atoms with Crippen molar-refractivity contribution in [1.29, 1.82) is 0 Å². The summed E-state index contributed by atoms with van der Waals surface area (Å²) < 4.78 is 5.58. The lowest BCUT2D eigenvalue weighted by molar-refractivity contribution is 0.0997. The molecule has 0 spiro atoms. The van der Waals surface area contributed by atoms with Crippen molar-refractivity contribution >= 4 is 40.5 Å². The topological polar surface area (TPSA) is 68.3 Å². The van der Waals surface area contributed by atoms with Crippen LogP contribution in [0.3, 0.4) is 0 Å². The summed E-state index contributed by atoms with van der Waals surface area (Å²) >= 11 is 11.9. The first-order valence-corrected chi connectivity index (χ1v) is 7.51. The molecule has 0 unspecified atom stereocenters. The molecule has 0 aliphatic carbocycles. The highest BCUT2D eigenvalue weighted by Gasteiger charge is 2.14. The number of hydrogen-bond donors (Lipinski definition) is 2. The predicted molar refractivity (Wildman–Crippen MR) is 93.0 cm³/mol. The van der Waals surface area contributed by atoms with Crippen molar-refractivity contribution in [2.45, 2.75) is 0 Å². The molecule has 0 bridgehead atoms. The smallest absolute Gasteiger partial charge is 0.291 e. The fraction of sp³-hybridized carbons (Fsp3) is 0. The minimum Gasteiger partial charge on any atom is -0.451 e. The van der Waals surface area contributed by atoms with Gasteiger partial charge in [-0.2, -0.15) is 0 Å². The summed E-state index contributed by atoms with van der Waals surface area (Å²) in [6, 6.07) is 15.3. The number of benzene rings is 2. The molecule has 23 heavy (non-hydrogen) atoms. The molecule has 3 rings (SSSR count). The van der Waals surface area contributed by atoms with Crippen molar-refractivity contribution < 1.29 is 9.21 Å². The molecule has 0 atom stereocenters. The Morgan fingerprint density at radius 3 is 2.43 bits per heavy atom. The summed E-state index contributed by atoms with van der Waals surface area (Å²) in [6.07, 6.45) is 0. The van der Waals surface area contributed by atoms with Gasteiger partial charge >= 0.3 is 0 Å². The number of furan rings is 1. The third kappa shape index (κ3) is 3.50. The Balaban J connectivity index is 1.79. The number of anilines is 2. The molecule has 1 heterocycles. The summed E-state index contributed by atoms with van der Waals surface area (Å²) in [5.41, 5.74) is 7.45. The number of nitrogen functional groups attached to an aromatic ring is 1. The fourth-order valence-electron chi connectivity index (χ4n) is 2.05. The van der Waals surface area contributed by atoms with E-state index in [1.165, 1.54) is 0 Å². The number of carbonyl (C=O) groups excluding carboxylic acids is 1. The minimum atomic E-state index is -0.392. The van der Waals surface area contributed by atoms with E-state index in [-0.39, 0.29) is 5.76 Å². The van der Waals surface area contributed by atoms with Crippen LogP contribution in [0, 0.1) is 0 Å². The molecule has 2 aromatic carbocycles. The van der Waals surface area contributed by atoms with Gasteiger partial charge in [-0.1, -0.05) is 23.2 Å². The molecule has 0 fully saturated rings. The lowest BCUT2D eigenvalue weighted by Gasteiger charge is -2.06. The summed E-state index contributed by atoms with van der Waals surface area (Å²) in [4.78, 5) is 12.2. The van der Waals surface area contributed by atoms with Crippen LogP contribution >= 0.6 is 23.2 Å². The van der Waals surface area contributed by atoms with Gasteiger partial charge in [-0.3, -0.25) is 4.79 Å². The van der Waals surface area contributed by atoms with E-state index in [9.17, 15) is 4.79 Å². The first-order valence-electron chi connectivity index (χ1n) is 6.75. The van der Waals surface area contributed by atoms with E-state index >= 15 is 0 Å². The van der Waals surface area contributed by atoms with E-state index in [1.54, 1.807) is 42.5 Å². The van der Waals surface area contributed by atoms with Crippen LogP contribution in [0.2, 0.25) is 10.0 Å². The third-order valence-electron chi connectivity index (χ3n) is 3.20. The van der Waals surface area contributed by atoms with Crippen molar-refractivity contribution in [1.82, 2.24) is 0 Å². The maximum Gasteiger partial charge on any atom is 0.291 e. The number of halogens is 2. The molecule has 0 aliphatic heterocycles. The van der Waals surface area contributed by atoms with Crippen LogP contribution in [-0.2, 0) is 0 Å². The molecular formula is C17H12Cl2N2O2. The Bertz CT molecular complexity index is 857. The lowest BCUT2D eigenvalue weighted by atomic mass is 10.2. The zero-order valence-corrected chi connectivity index (χ0v) is 13.4. The molecule has 3 N–H and O–H groups in total. The molecule has 3 aromatic rings. The molecule has 0 radical (unpaired) electrons. The highest BCUT2D eigenvalue weighted by atomic mass is 35.5. The van der Waals surface area contributed by atoms with Gasteiger partial charge in [0.1, 0.15) is 5.76 Å². The van der Waals surface area contributed by atoms with Gasteiger partial charge in [-0.25, -0.2) is 0 Å². The number of nitrogens with one attached hydrogen (secondary N) is 1. The molecule has 6 heteroatoms. The highest BCUT2D eigenvalue weighted by molar-refractivity contribution is 6.34. The number of amides is 1. The van der Waals surface area contributed by atoms with Crippen LogP contribution in [0.4, 0.5) is 11.4 Å². The maximum absolute atomic E-state index is 12.2. The Hall–Kier alpha value is -2.43. The second-order valence-electron chi connectivity index (χ2n) is 4.86. The summed E-state index contributed by atoms with van der Waals surface area (Å²) in [5.74, 6) is 0.370. The first-order chi connectivity index (χ1) is 11.0. The van der Waals surface area contributed by atoms with Crippen molar-refractivity contribution in [2.75, 3.05) is 11.1 Å². The molecule has 0 aliphatic rings. The Kier molecular flexibility index (Phi) is 4.28. The van der Waals surface area contributed by atoms with Gasteiger partial charge in [0.25, 0.3) is 5.91 Å². The van der Waals surface area contributed by atoms with Crippen molar-refractivity contribution in [3.8, 4) is 11.3 Å². The monoisotopic (exact) mass is 346 g/mol. The fourth-order valence-corrected chi connectivity index (χ4v) is 2.41. The van der Waals surface area contributed by atoms with Gasteiger partial charge < -0.3 is 15.5 Å². The van der Waals surface area contributed by atoms with Gasteiger partial charge in [0.15, 0.2) is 5.76 Å². The number of hydrogen-bond acceptors (Lipinski definition) is 3. The Morgan fingerprint density at radius 2 is 1.74 bits per heavy atom. The molecule has 1 amide bonds. The number of carbonyl (C=O) groups is 1. The van der Waals surface area contributed by atoms with Crippen LogP contribution in [0.15, 0.2) is 59.0 Å².